The zero-order valence-corrected chi connectivity index (χ0v) is 14.2. The standard InChI is InChI=1S/C18H21N5O2/c1-24-15-8-7-12(11-16(15)25-2)21-18(19)20-10-9-17-22-13-5-3-4-6-14(13)23-17/h3-8,11H,9-10H2,1-2H3,(H,22,23)(H3,19,20,21). The first-order valence-corrected chi connectivity index (χ1v) is 7.92. The van der Waals surface area contributed by atoms with Gasteiger partial charge in [0.25, 0.3) is 0 Å². The summed E-state index contributed by atoms with van der Waals surface area (Å²) >= 11 is 0. The first kappa shape index (κ1) is 16.6. The highest BCUT2D eigenvalue weighted by Crippen LogP contribution is 2.29. The van der Waals surface area contributed by atoms with Crippen LogP contribution in [0.25, 0.3) is 11.0 Å². The largest absolute Gasteiger partial charge is 0.493 e. The quantitative estimate of drug-likeness (QED) is 0.474. The van der Waals surface area contributed by atoms with E-state index in [4.69, 9.17) is 15.2 Å². The van der Waals surface area contributed by atoms with E-state index in [2.05, 4.69) is 20.3 Å². The number of anilines is 1. The maximum Gasteiger partial charge on any atom is 0.193 e. The van der Waals surface area contributed by atoms with Gasteiger partial charge in [-0.1, -0.05) is 12.1 Å². The molecule has 25 heavy (non-hydrogen) atoms. The number of H-pyrrole nitrogens is 1. The fraction of sp³-hybridized carbons (Fsp3) is 0.222. The second-order valence-electron chi connectivity index (χ2n) is 5.41. The van der Waals surface area contributed by atoms with Gasteiger partial charge in [0.15, 0.2) is 17.5 Å². The Kier molecular flexibility index (Phi) is 5.03. The Labute approximate surface area is 145 Å². The number of rotatable bonds is 6. The lowest BCUT2D eigenvalue weighted by atomic mass is 10.3. The molecule has 0 saturated carbocycles. The van der Waals surface area contributed by atoms with Crippen LogP contribution >= 0.6 is 0 Å². The molecule has 0 atom stereocenters. The van der Waals surface area contributed by atoms with Crippen LogP contribution in [0.15, 0.2) is 47.5 Å². The van der Waals surface area contributed by atoms with Gasteiger partial charge in [-0.2, -0.15) is 0 Å². The van der Waals surface area contributed by atoms with Gasteiger partial charge >= 0.3 is 0 Å². The monoisotopic (exact) mass is 339 g/mol. The molecule has 3 rings (SSSR count). The number of nitrogens with one attached hydrogen (secondary N) is 2. The molecule has 3 aromatic rings. The molecular weight excluding hydrogens is 318 g/mol. The van der Waals surface area contributed by atoms with Crippen molar-refractivity contribution in [2.75, 3.05) is 26.1 Å². The summed E-state index contributed by atoms with van der Waals surface area (Å²) in [5.41, 5.74) is 8.71. The molecule has 0 saturated heterocycles. The van der Waals surface area contributed by atoms with Crippen molar-refractivity contribution in [2.24, 2.45) is 10.7 Å². The Hall–Kier alpha value is -3.22. The Morgan fingerprint density at radius 2 is 1.96 bits per heavy atom. The Morgan fingerprint density at radius 1 is 1.16 bits per heavy atom. The van der Waals surface area contributed by atoms with Crippen LogP contribution in [0.2, 0.25) is 0 Å². The fourth-order valence-electron chi connectivity index (χ4n) is 2.51. The van der Waals surface area contributed by atoms with Gasteiger partial charge in [0.2, 0.25) is 0 Å². The average Bonchev–Trinajstić information content (AvgIpc) is 3.04. The van der Waals surface area contributed by atoms with Crippen molar-refractivity contribution < 1.29 is 9.47 Å². The molecule has 0 radical (unpaired) electrons. The summed E-state index contributed by atoms with van der Waals surface area (Å²) in [5, 5.41) is 3.04. The molecule has 0 fully saturated rings. The third kappa shape index (κ3) is 4.00. The highest BCUT2D eigenvalue weighted by molar-refractivity contribution is 5.92. The predicted octanol–water partition coefficient (Wildman–Crippen LogP) is 2.55. The lowest BCUT2D eigenvalue weighted by Gasteiger charge is -2.10. The maximum absolute atomic E-state index is 5.94. The molecule has 0 unspecified atom stereocenters. The second kappa shape index (κ2) is 7.57. The van der Waals surface area contributed by atoms with Crippen LogP contribution in [0.3, 0.4) is 0 Å². The molecule has 0 amide bonds. The van der Waals surface area contributed by atoms with E-state index in [1.807, 2.05) is 36.4 Å². The van der Waals surface area contributed by atoms with Crippen molar-refractivity contribution in [2.45, 2.75) is 6.42 Å². The van der Waals surface area contributed by atoms with Crippen LogP contribution < -0.4 is 20.5 Å². The summed E-state index contributed by atoms with van der Waals surface area (Å²) in [7, 11) is 3.19. The SMILES string of the molecule is COc1ccc(NC(N)=NCCc2nc3ccccc3[nH]2)cc1OC. The van der Waals surface area contributed by atoms with Crippen LogP contribution in [-0.4, -0.2) is 36.7 Å². The number of benzene rings is 2. The minimum atomic E-state index is 0.336. The van der Waals surface area contributed by atoms with Crippen molar-refractivity contribution in [1.82, 2.24) is 9.97 Å². The lowest BCUT2D eigenvalue weighted by molar-refractivity contribution is 0.355. The van der Waals surface area contributed by atoms with Gasteiger partial charge in [-0.25, -0.2) is 4.98 Å². The number of nitrogens with zero attached hydrogens (tertiary/aromatic N) is 2. The first-order valence-electron chi connectivity index (χ1n) is 7.92. The summed E-state index contributed by atoms with van der Waals surface area (Å²) in [6.45, 7) is 0.534. The molecule has 7 heteroatoms. The van der Waals surface area contributed by atoms with Gasteiger partial charge in [0, 0.05) is 24.7 Å². The van der Waals surface area contributed by atoms with E-state index >= 15 is 0 Å². The highest BCUT2D eigenvalue weighted by atomic mass is 16.5. The van der Waals surface area contributed by atoms with Gasteiger partial charge < -0.3 is 25.5 Å². The third-order valence-electron chi connectivity index (χ3n) is 3.73. The first-order chi connectivity index (χ1) is 12.2. The second-order valence-corrected chi connectivity index (χ2v) is 5.41. The number of methoxy groups -OCH3 is 2. The third-order valence-corrected chi connectivity index (χ3v) is 3.73. The van der Waals surface area contributed by atoms with E-state index in [1.165, 1.54) is 0 Å². The molecule has 1 aromatic heterocycles. The van der Waals surface area contributed by atoms with Gasteiger partial charge in [-0.05, 0) is 24.3 Å². The molecular formula is C18H21N5O2. The van der Waals surface area contributed by atoms with Crippen molar-refractivity contribution in [1.29, 1.82) is 0 Å². The summed E-state index contributed by atoms with van der Waals surface area (Å²) < 4.78 is 10.5. The number of nitrogens with two attached hydrogens (primary N) is 1. The number of aromatic amines is 1. The van der Waals surface area contributed by atoms with Crippen LogP contribution in [0, 0.1) is 0 Å². The van der Waals surface area contributed by atoms with Crippen molar-refractivity contribution in [3.05, 3.63) is 48.3 Å². The number of aliphatic imine (C=N–C) groups is 1. The lowest BCUT2D eigenvalue weighted by Crippen LogP contribution is -2.23. The molecule has 0 aliphatic heterocycles. The summed E-state index contributed by atoms with van der Waals surface area (Å²) in [4.78, 5) is 12.1. The topological polar surface area (TPSA) is 97.5 Å². The molecule has 0 bridgehead atoms. The van der Waals surface area contributed by atoms with Crippen molar-refractivity contribution >= 4 is 22.7 Å². The normalized spacial score (nSPS) is 11.5. The van der Waals surface area contributed by atoms with E-state index in [-0.39, 0.29) is 0 Å². The Balaban J connectivity index is 1.60. The zero-order chi connectivity index (χ0) is 17.6. The molecule has 1 heterocycles. The van der Waals surface area contributed by atoms with E-state index in [0.29, 0.717) is 30.4 Å². The summed E-state index contributed by atoms with van der Waals surface area (Å²) in [6, 6.07) is 13.4. The smallest absolute Gasteiger partial charge is 0.193 e. The Bertz CT molecular complexity index is 855. The minimum absolute atomic E-state index is 0.336. The molecule has 4 N–H and O–H groups in total. The molecule has 0 aliphatic rings. The van der Waals surface area contributed by atoms with Crippen LogP contribution in [0.1, 0.15) is 5.82 Å². The number of ether oxygens (including phenoxy) is 2. The fourth-order valence-corrected chi connectivity index (χ4v) is 2.51. The van der Waals surface area contributed by atoms with Crippen molar-refractivity contribution in [3.63, 3.8) is 0 Å². The number of guanidine groups is 1. The van der Waals surface area contributed by atoms with Crippen LogP contribution in [0.4, 0.5) is 5.69 Å². The Morgan fingerprint density at radius 3 is 2.72 bits per heavy atom. The molecule has 130 valence electrons. The molecule has 7 nitrogen and oxygen atoms in total. The maximum atomic E-state index is 5.94. The predicted molar refractivity (Wildman–Crippen MR) is 99.5 cm³/mol. The average molecular weight is 339 g/mol. The van der Waals surface area contributed by atoms with E-state index in [1.54, 1.807) is 20.3 Å². The van der Waals surface area contributed by atoms with Gasteiger partial charge in [-0.15, -0.1) is 0 Å². The van der Waals surface area contributed by atoms with Crippen molar-refractivity contribution in [3.8, 4) is 11.5 Å². The number of hydrogen-bond donors (Lipinski definition) is 3. The molecule has 0 aliphatic carbocycles. The molecule has 2 aromatic carbocycles. The van der Waals surface area contributed by atoms with E-state index in [9.17, 15) is 0 Å². The molecule has 0 spiro atoms. The van der Waals surface area contributed by atoms with E-state index in [0.717, 1.165) is 22.5 Å². The summed E-state index contributed by atoms with van der Waals surface area (Å²) in [6.07, 6.45) is 0.684. The zero-order valence-electron chi connectivity index (χ0n) is 14.2. The van der Waals surface area contributed by atoms with Crippen LogP contribution in [-0.2, 0) is 6.42 Å². The van der Waals surface area contributed by atoms with Gasteiger partial charge in [0.1, 0.15) is 5.82 Å². The minimum Gasteiger partial charge on any atom is -0.493 e. The number of para-hydroxylation sites is 2. The van der Waals surface area contributed by atoms with Crippen LogP contribution in [0.5, 0.6) is 11.5 Å². The number of aromatic nitrogens is 2. The van der Waals surface area contributed by atoms with Gasteiger partial charge in [0.05, 0.1) is 25.3 Å². The van der Waals surface area contributed by atoms with Gasteiger partial charge in [-0.3, -0.25) is 4.99 Å². The number of fused-ring (bicyclic) bond motifs is 1. The number of hydrogen-bond acceptors (Lipinski definition) is 4. The summed E-state index contributed by atoms with van der Waals surface area (Å²) in [5.74, 6) is 2.52. The van der Waals surface area contributed by atoms with E-state index < -0.39 is 0 Å². The highest BCUT2D eigenvalue weighted by Gasteiger charge is 2.05. The number of imidazole rings is 1.